The van der Waals surface area contributed by atoms with Gasteiger partial charge in [-0.1, -0.05) is 11.6 Å². The molecular formula is C20H17ClFN3O3. The van der Waals surface area contributed by atoms with Gasteiger partial charge in [-0.15, -0.1) is 0 Å². The molecule has 0 aliphatic carbocycles. The standard InChI is InChI=1S/C20H17ClFN3O3/c1-25(20(26)12-8-18(21)24-19(9-12)28-3)16-11-23-7-6-14(16)15-5-4-13(22)10-17(15)27-2/h4-11H,1-3H3. The number of carbonyl (C=O) groups excluding carboxylic acids is 1. The van der Waals surface area contributed by atoms with Gasteiger partial charge in [0.25, 0.3) is 5.91 Å². The lowest BCUT2D eigenvalue weighted by Crippen LogP contribution is -2.27. The molecule has 3 rings (SSSR count). The highest BCUT2D eigenvalue weighted by Crippen LogP contribution is 2.36. The van der Waals surface area contributed by atoms with Crippen LogP contribution in [0.15, 0.2) is 48.8 Å². The first-order chi connectivity index (χ1) is 13.4. The van der Waals surface area contributed by atoms with E-state index in [1.807, 2.05) is 0 Å². The van der Waals surface area contributed by atoms with E-state index in [4.69, 9.17) is 21.1 Å². The monoisotopic (exact) mass is 401 g/mol. The third-order valence-electron chi connectivity index (χ3n) is 4.15. The molecule has 1 amide bonds. The zero-order valence-electron chi connectivity index (χ0n) is 15.4. The molecule has 144 valence electrons. The van der Waals surface area contributed by atoms with Crippen molar-refractivity contribution in [1.29, 1.82) is 0 Å². The molecule has 28 heavy (non-hydrogen) atoms. The minimum Gasteiger partial charge on any atom is -0.496 e. The van der Waals surface area contributed by atoms with Crippen LogP contribution >= 0.6 is 11.6 Å². The smallest absolute Gasteiger partial charge is 0.258 e. The van der Waals surface area contributed by atoms with E-state index in [0.29, 0.717) is 28.1 Å². The van der Waals surface area contributed by atoms with Crippen molar-refractivity contribution in [3.8, 4) is 22.8 Å². The van der Waals surface area contributed by atoms with Gasteiger partial charge in [0.2, 0.25) is 5.88 Å². The highest BCUT2D eigenvalue weighted by molar-refractivity contribution is 6.30. The number of aromatic nitrogens is 2. The molecule has 0 N–H and O–H groups in total. The van der Waals surface area contributed by atoms with Crippen molar-refractivity contribution in [3.05, 3.63) is 65.3 Å². The third-order valence-corrected chi connectivity index (χ3v) is 4.34. The average molecular weight is 402 g/mol. The summed E-state index contributed by atoms with van der Waals surface area (Å²) in [6.45, 7) is 0. The van der Waals surface area contributed by atoms with Gasteiger partial charge in [0.05, 0.1) is 26.1 Å². The van der Waals surface area contributed by atoms with Crippen molar-refractivity contribution in [3.63, 3.8) is 0 Å². The molecule has 6 nitrogen and oxygen atoms in total. The fourth-order valence-corrected chi connectivity index (χ4v) is 2.97. The van der Waals surface area contributed by atoms with Crippen LogP contribution in [0.4, 0.5) is 10.1 Å². The number of methoxy groups -OCH3 is 2. The molecular weight excluding hydrogens is 385 g/mol. The van der Waals surface area contributed by atoms with E-state index < -0.39 is 5.82 Å². The third kappa shape index (κ3) is 3.89. The second-order valence-electron chi connectivity index (χ2n) is 5.82. The van der Waals surface area contributed by atoms with Crippen LogP contribution in [0.25, 0.3) is 11.1 Å². The second-order valence-corrected chi connectivity index (χ2v) is 6.21. The number of pyridine rings is 2. The summed E-state index contributed by atoms with van der Waals surface area (Å²) in [5.41, 5.74) is 2.12. The molecule has 0 aliphatic heterocycles. The van der Waals surface area contributed by atoms with E-state index in [1.165, 1.54) is 43.4 Å². The molecule has 0 saturated heterocycles. The maximum absolute atomic E-state index is 13.6. The molecule has 2 aromatic heterocycles. The van der Waals surface area contributed by atoms with Gasteiger partial charge in [-0.2, -0.15) is 0 Å². The topological polar surface area (TPSA) is 64.5 Å². The molecule has 0 bridgehead atoms. The van der Waals surface area contributed by atoms with Crippen molar-refractivity contribution in [2.24, 2.45) is 0 Å². The Morgan fingerprint density at radius 1 is 1.11 bits per heavy atom. The Morgan fingerprint density at radius 3 is 2.61 bits per heavy atom. The van der Waals surface area contributed by atoms with Crippen molar-refractivity contribution < 1.29 is 18.7 Å². The highest BCUT2D eigenvalue weighted by atomic mass is 35.5. The molecule has 0 unspecified atom stereocenters. The minimum absolute atomic E-state index is 0.141. The van der Waals surface area contributed by atoms with E-state index in [9.17, 15) is 9.18 Å². The molecule has 0 spiro atoms. The molecule has 8 heteroatoms. The lowest BCUT2D eigenvalue weighted by Gasteiger charge is -2.21. The van der Waals surface area contributed by atoms with Crippen LogP contribution in [-0.2, 0) is 0 Å². The first kappa shape index (κ1) is 19.6. The van der Waals surface area contributed by atoms with E-state index in [2.05, 4.69) is 9.97 Å². The first-order valence-electron chi connectivity index (χ1n) is 8.22. The fraction of sp³-hybridized carbons (Fsp3) is 0.150. The van der Waals surface area contributed by atoms with Gasteiger partial charge in [0.1, 0.15) is 16.7 Å². The zero-order chi connectivity index (χ0) is 20.3. The summed E-state index contributed by atoms with van der Waals surface area (Å²) in [7, 11) is 4.51. The van der Waals surface area contributed by atoms with Crippen LogP contribution in [0.5, 0.6) is 11.6 Å². The predicted octanol–water partition coefficient (Wildman–Crippen LogP) is 4.23. The largest absolute Gasteiger partial charge is 0.496 e. The minimum atomic E-state index is -0.417. The van der Waals surface area contributed by atoms with Gasteiger partial charge in [-0.25, -0.2) is 9.37 Å². The van der Waals surface area contributed by atoms with Crippen LogP contribution in [0.1, 0.15) is 10.4 Å². The lowest BCUT2D eigenvalue weighted by molar-refractivity contribution is 0.0992. The summed E-state index contributed by atoms with van der Waals surface area (Å²) < 4.78 is 24.0. The number of anilines is 1. The summed E-state index contributed by atoms with van der Waals surface area (Å²) >= 11 is 5.98. The number of halogens is 2. The Balaban J connectivity index is 2.06. The quantitative estimate of drug-likeness (QED) is 0.598. The molecule has 0 aliphatic rings. The summed E-state index contributed by atoms with van der Waals surface area (Å²) in [6.07, 6.45) is 3.14. The number of amides is 1. The Morgan fingerprint density at radius 2 is 1.89 bits per heavy atom. The molecule has 2 heterocycles. The van der Waals surface area contributed by atoms with Gasteiger partial charge in [0.15, 0.2) is 0 Å². The normalized spacial score (nSPS) is 10.5. The summed E-state index contributed by atoms with van der Waals surface area (Å²) in [5.74, 6) is -0.171. The molecule has 0 radical (unpaired) electrons. The van der Waals surface area contributed by atoms with Crippen molar-refractivity contribution in [2.75, 3.05) is 26.2 Å². The number of rotatable bonds is 5. The van der Waals surface area contributed by atoms with Crippen LogP contribution in [0.2, 0.25) is 5.15 Å². The zero-order valence-corrected chi connectivity index (χ0v) is 16.2. The van der Waals surface area contributed by atoms with E-state index in [1.54, 1.807) is 31.6 Å². The number of hydrogen-bond donors (Lipinski definition) is 0. The average Bonchev–Trinajstić information content (AvgIpc) is 2.72. The Labute approximate surface area is 166 Å². The number of hydrogen-bond acceptors (Lipinski definition) is 5. The van der Waals surface area contributed by atoms with Crippen molar-refractivity contribution in [1.82, 2.24) is 9.97 Å². The molecule has 0 atom stereocenters. The molecule has 0 saturated carbocycles. The highest BCUT2D eigenvalue weighted by Gasteiger charge is 2.20. The van der Waals surface area contributed by atoms with Crippen molar-refractivity contribution in [2.45, 2.75) is 0 Å². The fourth-order valence-electron chi connectivity index (χ4n) is 2.77. The first-order valence-corrected chi connectivity index (χ1v) is 8.60. The SMILES string of the molecule is COc1cc(C(=O)N(C)c2cnccc2-c2ccc(F)cc2OC)cc(Cl)n1. The second kappa shape index (κ2) is 8.22. The van der Waals surface area contributed by atoms with Gasteiger partial charge in [-0.3, -0.25) is 9.78 Å². The number of benzene rings is 1. The van der Waals surface area contributed by atoms with Gasteiger partial charge >= 0.3 is 0 Å². The predicted molar refractivity (Wildman–Crippen MR) is 105 cm³/mol. The van der Waals surface area contributed by atoms with E-state index in [0.717, 1.165) is 0 Å². The maximum Gasteiger partial charge on any atom is 0.258 e. The Hall–Kier alpha value is -3.19. The molecule has 1 aromatic carbocycles. The Kier molecular flexibility index (Phi) is 5.75. The number of nitrogens with zero attached hydrogens (tertiary/aromatic N) is 3. The van der Waals surface area contributed by atoms with Crippen LogP contribution in [0, 0.1) is 5.82 Å². The summed E-state index contributed by atoms with van der Waals surface area (Å²) in [4.78, 5) is 22.5. The van der Waals surface area contributed by atoms with Gasteiger partial charge in [-0.05, 0) is 24.3 Å². The number of carbonyl (C=O) groups is 1. The van der Waals surface area contributed by atoms with Crippen LogP contribution in [-0.4, -0.2) is 37.1 Å². The van der Waals surface area contributed by atoms with Gasteiger partial charge in [0, 0.05) is 42.1 Å². The summed E-state index contributed by atoms with van der Waals surface area (Å²) in [5, 5.41) is 0.141. The molecule has 0 fully saturated rings. The van der Waals surface area contributed by atoms with E-state index in [-0.39, 0.29) is 16.9 Å². The van der Waals surface area contributed by atoms with Gasteiger partial charge < -0.3 is 14.4 Å². The maximum atomic E-state index is 13.6. The van der Waals surface area contributed by atoms with Crippen LogP contribution < -0.4 is 14.4 Å². The number of ether oxygens (including phenoxy) is 2. The van der Waals surface area contributed by atoms with E-state index >= 15 is 0 Å². The lowest BCUT2D eigenvalue weighted by atomic mass is 10.0. The van der Waals surface area contributed by atoms with Crippen LogP contribution in [0.3, 0.4) is 0 Å². The Bertz CT molecular complexity index is 1030. The van der Waals surface area contributed by atoms with Crippen molar-refractivity contribution >= 4 is 23.2 Å². The molecule has 3 aromatic rings. The summed E-state index contributed by atoms with van der Waals surface area (Å²) in [6, 6.07) is 8.90.